The molecule has 100 valence electrons. The molecule has 18 heavy (non-hydrogen) atoms. The molecule has 0 radical (unpaired) electrons. The van der Waals surface area contributed by atoms with E-state index in [1.54, 1.807) is 19.1 Å². The molecule has 0 heterocycles. The van der Waals surface area contributed by atoms with Gasteiger partial charge in [0.2, 0.25) is 0 Å². The van der Waals surface area contributed by atoms with E-state index in [0.717, 1.165) is 0 Å². The van der Waals surface area contributed by atoms with Gasteiger partial charge in [0.05, 0.1) is 18.1 Å². The van der Waals surface area contributed by atoms with Crippen molar-refractivity contribution in [2.75, 3.05) is 20.2 Å². The normalized spacial score (nSPS) is 10.7. The maximum absolute atomic E-state index is 13.2. The molecule has 0 spiro atoms. The minimum Gasteiger partial charge on any atom is -0.466 e. The number of ether oxygens (including phenoxy) is 1. The van der Waals surface area contributed by atoms with Crippen molar-refractivity contribution in [2.24, 2.45) is 0 Å². The maximum atomic E-state index is 13.2. The van der Waals surface area contributed by atoms with Crippen molar-refractivity contribution in [3.05, 3.63) is 34.6 Å². The number of hydrogen-bond acceptors (Lipinski definition) is 3. The van der Waals surface area contributed by atoms with Crippen molar-refractivity contribution in [3.63, 3.8) is 0 Å². The third kappa shape index (κ3) is 4.63. The molecule has 0 bridgehead atoms. The zero-order valence-electron chi connectivity index (χ0n) is 10.6. The lowest BCUT2D eigenvalue weighted by Gasteiger charge is -2.17. The van der Waals surface area contributed by atoms with Crippen LogP contribution in [-0.2, 0) is 16.1 Å². The van der Waals surface area contributed by atoms with Gasteiger partial charge < -0.3 is 9.64 Å². The Balaban J connectivity index is 2.47. The molecule has 5 heteroatoms. The van der Waals surface area contributed by atoms with Crippen LogP contribution < -0.4 is 0 Å². The average Bonchev–Trinajstić information content (AvgIpc) is 2.33. The molecule has 0 amide bonds. The lowest BCUT2D eigenvalue weighted by atomic mass is 10.2. The Hall–Kier alpha value is -1.13. The van der Waals surface area contributed by atoms with Crippen LogP contribution in [0.3, 0.4) is 0 Å². The molecule has 1 aromatic carbocycles. The first-order valence-electron chi connectivity index (χ1n) is 5.81. The summed E-state index contributed by atoms with van der Waals surface area (Å²) in [6.45, 7) is 3.20. The Kier molecular flexibility index (Phi) is 6.09. The minimum atomic E-state index is -0.423. The summed E-state index contributed by atoms with van der Waals surface area (Å²) in [7, 11) is 1.85. The van der Waals surface area contributed by atoms with Gasteiger partial charge in [0.15, 0.2) is 0 Å². The molecule has 1 aromatic rings. The second-order valence-corrected chi connectivity index (χ2v) is 4.38. The fourth-order valence-corrected chi connectivity index (χ4v) is 1.74. The first kappa shape index (κ1) is 14.9. The van der Waals surface area contributed by atoms with Gasteiger partial charge >= 0.3 is 5.97 Å². The summed E-state index contributed by atoms with van der Waals surface area (Å²) in [6.07, 6.45) is 0.317. The third-order valence-electron chi connectivity index (χ3n) is 2.47. The quantitative estimate of drug-likeness (QED) is 0.747. The van der Waals surface area contributed by atoms with Crippen LogP contribution >= 0.6 is 11.6 Å². The smallest absolute Gasteiger partial charge is 0.307 e. The van der Waals surface area contributed by atoms with E-state index in [2.05, 4.69) is 0 Å². The molecule has 0 aliphatic carbocycles. The second kappa shape index (κ2) is 7.34. The van der Waals surface area contributed by atoms with E-state index in [1.165, 1.54) is 6.07 Å². The summed E-state index contributed by atoms with van der Waals surface area (Å²) in [4.78, 5) is 13.1. The first-order valence-corrected chi connectivity index (χ1v) is 6.19. The van der Waals surface area contributed by atoms with Crippen molar-refractivity contribution < 1.29 is 13.9 Å². The SMILES string of the molecule is CCOC(=O)CCN(C)Cc1cccc(F)c1Cl. The summed E-state index contributed by atoms with van der Waals surface area (Å²) < 4.78 is 18.1. The predicted molar refractivity (Wildman–Crippen MR) is 69.0 cm³/mol. The van der Waals surface area contributed by atoms with Gasteiger partial charge in [-0.1, -0.05) is 23.7 Å². The van der Waals surface area contributed by atoms with Crippen LogP contribution in [0.25, 0.3) is 0 Å². The molecule has 0 aromatic heterocycles. The van der Waals surface area contributed by atoms with Gasteiger partial charge in [-0.25, -0.2) is 4.39 Å². The molecule has 0 unspecified atom stereocenters. The zero-order valence-corrected chi connectivity index (χ0v) is 11.3. The van der Waals surface area contributed by atoms with Gasteiger partial charge in [-0.2, -0.15) is 0 Å². The van der Waals surface area contributed by atoms with Crippen LogP contribution in [0.4, 0.5) is 4.39 Å². The number of halogens is 2. The van der Waals surface area contributed by atoms with Crippen LogP contribution in [0.15, 0.2) is 18.2 Å². The summed E-state index contributed by atoms with van der Waals surface area (Å²) in [5, 5.41) is 0.139. The minimum absolute atomic E-state index is 0.139. The lowest BCUT2D eigenvalue weighted by Crippen LogP contribution is -2.22. The van der Waals surface area contributed by atoms with E-state index in [0.29, 0.717) is 31.7 Å². The zero-order chi connectivity index (χ0) is 13.5. The van der Waals surface area contributed by atoms with Gasteiger partial charge in [-0.05, 0) is 25.6 Å². The molecular formula is C13H17ClFNO2. The Morgan fingerprint density at radius 3 is 2.89 bits per heavy atom. The Labute approximate surface area is 111 Å². The first-order chi connectivity index (χ1) is 8.54. The topological polar surface area (TPSA) is 29.5 Å². The molecule has 0 saturated carbocycles. The maximum Gasteiger partial charge on any atom is 0.307 e. The van der Waals surface area contributed by atoms with E-state index in [1.807, 2.05) is 11.9 Å². The van der Waals surface area contributed by atoms with Crippen molar-refractivity contribution in [1.82, 2.24) is 4.90 Å². The fraction of sp³-hybridized carbons (Fsp3) is 0.462. The number of benzene rings is 1. The van der Waals surface area contributed by atoms with E-state index >= 15 is 0 Å². The van der Waals surface area contributed by atoms with Crippen LogP contribution in [0.2, 0.25) is 5.02 Å². The number of rotatable bonds is 6. The van der Waals surface area contributed by atoms with E-state index in [9.17, 15) is 9.18 Å². The largest absolute Gasteiger partial charge is 0.466 e. The van der Waals surface area contributed by atoms with E-state index < -0.39 is 5.82 Å². The number of nitrogens with zero attached hydrogens (tertiary/aromatic N) is 1. The monoisotopic (exact) mass is 273 g/mol. The highest BCUT2D eigenvalue weighted by molar-refractivity contribution is 6.31. The average molecular weight is 274 g/mol. The fourth-order valence-electron chi connectivity index (χ4n) is 1.56. The third-order valence-corrected chi connectivity index (χ3v) is 2.90. The highest BCUT2D eigenvalue weighted by Gasteiger charge is 2.09. The molecule has 0 aliphatic heterocycles. The number of carbonyl (C=O) groups excluding carboxylic acids is 1. The summed E-state index contributed by atoms with van der Waals surface area (Å²) in [5.41, 5.74) is 0.711. The summed E-state index contributed by atoms with van der Waals surface area (Å²) in [5.74, 6) is -0.650. The standard InChI is InChI=1S/C13H17ClFNO2/c1-3-18-12(17)7-8-16(2)9-10-5-4-6-11(15)13(10)14/h4-6H,3,7-9H2,1-2H3. The highest BCUT2D eigenvalue weighted by Crippen LogP contribution is 2.20. The molecule has 0 aliphatic rings. The van der Waals surface area contributed by atoms with Gasteiger partial charge in [-0.3, -0.25) is 4.79 Å². The Bertz CT molecular complexity index is 412. The van der Waals surface area contributed by atoms with E-state index in [4.69, 9.17) is 16.3 Å². The van der Waals surface area contributed by atoms with Gasteiger partial charge in [0.25, 0.3) is 0 Å². The predicted octanol–water partition coefficient (Wildman–Crippen LogP) is 2.86. The van der Waals surface area contributed by atoms with Crippen molar-refractivity contribution in [3.8, 4) is 0 Å². The van der Waals surface area contributed by atoms with Gasteiger partial charge in [-0.15, -0.1) is 0 Å². The molecule has 0 fully saturated rings. The van der Waals surface area contributed by atoms with Gasteiger partial charge in [0.1, 0.15) is 5.82 Å². The molecule has 0 saturated heterocycles. The van der Waals surface area contributed by atoms with Crippen LogP contribution in [-0.4, -0.2) is 31.1 Å². The van der Waals surface area contributed by atoms with Crippen LogP contribution in [0.1, 0.15) is 18.9 Å². The van der Waals surface area contributed by atoms with Gasteiger partial charge in [0, 0.05) is 13.1 Å². The second-order valence-electron chi connectivity index (χ2n) is 4.01. The molecule has 1 rings (SSSR count). The molecule has 0 atom stereocenters. The number of hydrogen-bond donors (Lipinski definition) is 0. The number of esters is 1. The van der Waals surface area contributed by atoms with Crippen molar-refractivity contribution in [1.29, 1.82) is 0 Å². The van der Waals surface area contributed by atoms with E-state index in [-0.39, 0.29) is 11.0 Å². The van der Waals surface area contributed by atoms with Crippen molar-refractivity contribution in [2.45, 2.75) is 19.9 Å². The molecule has 3 nitrogen and oxygen atoms in total. The highest BCUT2D eigenvalue weighted by atomic mass is 35.5. The molecular weight excluding hydrogens is 257 g/mol. The van der Waals surface area contributed by atoms with Crippen LogP contribution in [0, 0.1) is 5.82 Å². The summed E-state index contributed by atoms with van der Waals surface area (Å²) in [6, 6.07) is 4.71. The Morgan fingerprint density at radius 1 is 1.50 bits per heavy atom. The Morgan fingerprint density at radius 2 is 2.22 bits per heavy atom. The van der Waals surface area contributed by atoms with Crippen molar-refractivity contribution >= 4 is 17.6 Å². The molecule has 0 N–H and O–H groups in total. The van der Waals surface area contributed by atoms with Crippen LogP contribution in [0.5, 0.6) is 0 Å². The summed E-state index contributed by atoms with van der Waals surface area (Å²) >= 11 is 5.86. The lowest BCUT2D eigenvalue weighted by molar-refractivity contribution is -0.143. The number of carbonyl (C=O) groups is 1.